The van der Waals surface area contributed by atoms with Gasteiger partial charge >= 0.3 is 0 Å². The zero-order chi connectivity index (χ0) is 13.1. The van der Waals surface area contributed by atoms with E-state index in [4.69, 9.17) is 4.74 Å². The molecular weight excluding hydrogens is 228 g/mol. The van der Waals surface area contributed by atoms with Crippen molar-refractivity contribution in [3.8, 4) is 0 Å². The highest BCUT2D eigenvalue weighted by Gasteiger charge is 2.13. The lowest BCUT2D eigenvalue weighted by atomic mass is 10.2. The Morgan fingerprint density at radius 1 is 1.29 bits per heavy atom. The predicted molar refractivity (Wildman–Crippen MR) is 60.7 cm³/mol. The van der Waals surface area contributed by atoms with E-state index in [1.165, 1.54) is 6.07 Å². The summed E-state index contributed by atoms with van der Waals surface area (Å²) in [6.45, 7) is 5.32. The molecule has 0 radical (unpaired) electrons. The van der Waals surface area contributed by atoms with Gasteiger partial charge in [-0.25, -0.2) is 8.78 Å². The molecule has 1 amide bonds. The molecule has 3 nitrogen and oxygen atoms in total. The molecule has 1 N–H and O–H groups in total. The van der Waals surface area contributed by atoms with Crippen LogP contribution in [0.1, 0.15) is 20.8 Å². The summed E-state index contributed by atoms with van der Waals surface area (Å²) in [7, 11) is 0. The normalized spacial score (nSPS) is 11.4. The minimum atomic E-state index is -1.00. The zero-order valence-corrected chi connectivity index (χ0v) is 10.0. The SMILES string of the molecule is CC(C)(C)OCC(=O)Nc1ccc(F)c(F)c1. The van der Waals surface area contributed by atoms with Crippen LogP contribution in [0.25, 0.3) is 0 Å². The summed E-state index contributed by atoms with van der Waals surface area (Å²) in [6.07, 6.45) is 0. The lowest BCUT2D eigenvalue weighted by molar-refractivity contribution is -0.125. The molecule has 5 heteroatoms. The van der Waals surface area contributed by atoms with Gasteiger partial charge in [-0.05, 0) is 32.9 Å². The number of benzene rings is 1. The van der Waals surface area contributed by atoms with Crippen LogP contribution in [-0.4, -0.2) is 18.1 Å². The molecular formula is C12H15F2NO2. The molecule has 17 heavy (non-hydrogen) atoms. The van der Waals surface area contributed by atoms with Crippen molar-refractivity contribution in [2.45, 2.75) is 26.4 Å². The van der Waals surface area contributed by atoms with Gasteiger partial charge in [0.05, 0.1) is 5.60 Å². The summed E-state index contributed by atoms with van der Waals surface area (Å²) >= 11 is 0. The highest BCUT2D eigenvalue weighted by molar-refractivity contribution is 5.91. The van der Waals surface area contributed by atoms with Crippen LogP contribution in [0, 0.1) is 11.6 Å². The summed E-state index contributed by atoms with van der Waals surface area (Å²) < 4.78 is 30.7. The van der Waals surface area contributed by atoms with Crippen molar-refractivity contribution in [3.63, 3.8) is 0 Å². The van der Waals surface area contributed by atoms with E-state index in [1.54, 1.807) is 0 Å². The van der Waals surface area contributed by atoms with Crippen LogP contribution in [0.4, 0.5) is 14.5 Å². The first-order valence-corrected chi connectivity index (χ1v) is 5.17. The molecule has 94 valence electrons. The first kappa shape index (κ1) is 13.6. The summed E-state index contributed by atoms with van der Waals surface area (Å²) in [6, 6.07) is 3.16. The van der Waals surface area contributed by atoms with Crippen molar-refractivity contribution in [3.05, 3.63) is 29.8 Å². The second kappa shape index (κ2) is 5.23. The van der Waals surface area contributed by atoms with Crippen molar-refractivity contribution >= 4 is 11.6 Å². The van der Waals surface area contributed by atoms with E-state index in [2.05, 4.69) is 5.32 Å². The lowest BCUT2D eigenvalue weighted by Gasteiger charge is -2.18. The largest absolute Gasteiger partial charge is 0.366 e. The maximum atomic E-state index is 12.8. The number of hydrogen-bond acceptors (Lipinski definition) is 2. The molecule has 0 unspecified atom stereocenters. The molecule has 0 atom stereocenters. The van der Waals surface area contributed by atoms with Crippen molar-refractivity contribution in [1.82, 2.24) is 0 Å². The highest BCUT2D eigenvalue weighted by Crippen LogP contribution is 2.13. The molecule has 1 aromatic carbocycles. The van der Waals surface area contributed by atoms with Crippen LogP contribution >= 0.6 is 0 Å². The quantitative estimate of drug-likeness (QED) is 0.886. The molecule has 0 aliphatic carbocycles. The second-order valence-electron chi connectivity index (χ2n) is 4.58. The van der Waals surface area contributed by atoms with Gasteiger partial charge in [0.1, 0.15) is 6.61 Å². The molecule has 0 heterocycles. The van der Waals surface area contributed by atoms with Crippen LogP contribution in [0.2, 0.25) is 0 Å². The minimum Gasteiger partial charge on any atom is -0.366 e. The van der Waals surface area contributed by atoms with Gasteiger partial charge in [-0.3, -0.25) is 4.79 Å². The molecule has 0 spiro atoms. The van der Waals surface area contributed by atoms with E-state index in [0.717, 1.165) is 12.1 Å². The third kappa shape index (κ3) is 4.91. The number of nitrogens with one attached hydrogen (secondary N) is 1. The van der Waals surface area contributed by atoms with E-state index >= 15 is 0 Å². The molecule has 0 aliphatic rings. The van der Waals surface area contributed by atoms with Gasteiger partial charge in [-0.15, -0.1) is 0 Å². The maximum Gasteiger partial charge on any atom is 0.250 e. The van der Waals surface area contributed by atoms with Crippen LogP contribution < -0.4 is 5.32 Å². The Balaban J connectivity index is 2.54. The molecule has 1 rings (SSSR count). The number of hydrogen-bond donors (Lipinski definition) is 1. The number of rotatable bonds is 3. The third-order valence-corrected chi connectivity index (χ3v) is 1.84. The van der Waals surface area contributed by atoms with Gasteiger partial charge in [0.15, 0.2) is 11.6 Å². The average molecular weight is 243 g/mol. The van der Waals surface area contributed by atoms with Gasteiger partial charge < -0.3 is 10.1 Å². The van der Waals surface area contributed by atoms with Gasteiger partial charge in [-0.1, -0.05) is 0 Å². The van der Waals surface area contributed by atoms with Crippen molar-refractivity contribution in [2.75, 3.05) is 11.9 Å². The standard InChI is InChI=1S/C12H15F2NO2/c1-12(2,3)17-7-11(16)15-8-4-5-9(13)10(14)6-8/h4-6H,7H2,1-3H3,(H,15,16). The number of anilines is 1. The number of carbonyl (C=O) groups is 1. The molecule has 1 aromatic rings. The van der Waals surface area contributed by atoms with Crippen LogP contribution in [-0.2, 0) is 9.53 Å². The minimum absolute atomic E-state index is 0.136. The molecule has 0 saturated heterocycles. The maximum absolute atomic E-state index is 12.8. The summed E-state index contributed by atoms with van der Waals surface area (Å²) in [5, 5.41) is 2.41. The molecule has 0 fully saturated rings. The van der Waals surface area contributed by atoms with E-state index in [9.17, 15) is 13.6 Å². The fourth-order valence-corrected chi connectivity index (χ4v) is 1.05. The zero-order valence-electron chi connectivity index (χ0n) is 10.0. The number of ether oxygens (including phenoxy) is 1. The Hall–Kier alpha value is -1.49. The lowest BCUT2D eigenvalue weighted by Crippen LogP contribution is -2.27. The summed E-state index contributed by atoms with van der Waals surface area (Å²) in [5.41, 5.74) is -0.225. The van der Waals surface area contributed by atoms with Gasteiger partial charge in [0.25, 0.3) is 0 Å². The third-order valence-electron chi connectivity index (χ3n) is 1.84. The smallest absolute Gasteiger partial charge is 0.250 e. The average Bonchev–Trinajstić information content (AvgIpc) is 2.20. The summed E-state index contributed by atoms with van der Waals surface area (Å²) in [5.74, 6) is -2.36. The van der Waals surface area contributed by atoms with Crippen molar-refractivity contribution < 1.29 is 18.3 Å². The fraction of sp³-hybridized carbons (Fsp3) is 0.417. The number of carbonyl (C=O) groups excluding carboxylic acids is 1. The van der Waals surface area contributed by atoms with E-state index < -0.39 is 23.1 Å². The van der Waals surface area contributed by atoms with Gasteiger partial charge in [0, 0.05) is 11.8 Å². The Labute approximate surface area is 98.8 Å². The van der Waals surface area contributed by atoms with Crippen LogP contribution in [0.15, 0.2) is 18.2 Å². The number of halogens is 2. The van der Waals surface area contributed by atoms with Crippen LogP contribution in [0.3, 0.4) is 0 Å². The summed E-state index contributed by atoms with van der Waals surface area (Å²) in [4.78, 5) is 11.4. The first-order chi connectivity index (χ1) is 7.78. The monoisotopic (exact) mass is 243 g/mol. The number of amides is 1. The van der Waals surface area contributed by atoms with E-state index in [0.29, 0.717) is 0 Å². The Morgan fingerprint density at radius 3 is 2.47 bits per heavy atom. The van der Waals surface area contributed by atoms with Gasteiger partial charge in [-0.2, -0.15) is 0 Å². The fourth-order valence-electron chi connectivity index (χ4n) is 1.05. The molecule has 0 aliphatic heterocycles. The first-order valence-electron chi connectivity index (χ1n) is 5.17. The Morgan fingerprint density at radius 2 is 1.94 bits per heavy atom. The van der Waals surface area contributed by atoms with Gasteiger partial charge in [0.2, 0.25) is 5.91 Å². The van der Waals surface area contributed by atoms with E-state index in [-0.39, 0.29) is 12.3 Å². The molecule has 0 bridgehead atoms. The molecule has 0 saturated carbocycles. The predicted octanol–water partition coefficient (Wildman–Crippen LogP) is 2.72. The van der Waals surface area contributed by atoms with Crippen molar-refractivity contribution in [1.29, 1.82) is 0 Å². The Bertz CT molecular complexity index is 413. The van der Waals surface area contributed by atoms with Crippen molar-refractivity contribution in [2.24, 2.45) is 0 Å². The topological polar surface area (TPSA) is 38.3 Å². The molecule has 0 aromatic heterocycles. The van der Waals surface area contributed by atoms with E-state index in [1.807, 2.05) is 20.8 Å². The highest BCUT2D eigenvalue weighted by atomic mass is 19.2. The second-order valence-corrected chi connectivity index (χ2v) is 4.58. The Kier molecular flexibility index (Phi) is 4.17. The van der Waals surface area contributed by atoms with Crippen LogP contribution in [0.5, 0.6) is 0 Å².